The van der Waals surface area contributed by atoms with Gasteiger partial charge in [0.2, 0.25) is 0 Å². The molecule has 0 aliphatic heterocycles. The molecule has 6 heteroatoms. The van der Waals surface area contributed by atoms with Gasteiger partial charge in [-0.25, -0.2) is 9.36 Å². The minimum absolute atomic E-state index is 0.506. The first-order valence-electron chi connectivity index (χ1n) is 2.12. The van der Waals surface area contributed by atoms with Gasteiger partial charge in [-0.15, -0.1) is 0 Å². The van der Waals surface area contributed by atoms with Crippen LogP contribution in [0.25, 0.3) is 0 Å². The molecule has 0 rings (SSSR count). The Bertz CT molecular complexity index is 116. The van der Waals surface area contributed by atoms with Gasteiger partial charge < -0.3 is 15.4 Å². The Balaban J connectivity index is 3.58. The summed E-state index contributed by atoms with van der Waals surface area (Å²) in [7, 11) is -0.747. The molecule has 0 spiro atoms. The second kappa shape index (κ2) is 4.38. The summed E-state index contributed by atoms with van der Waals surface area (Å²) in [4.78, 5) is 10.3. The lowest BCUT2D eigenvalue weighted by molar-refractivity contribution is -0.135. The molecule has 0 unspecified atom stereocenters. The Morgan fingerprint density at radius 3 is 2.78 bits per heavy atom. The predicted molar refractivity (Wildman–Crippen MR) is 28.8 cm³/mol. The van der Waals surface area contributed by atoms with Crippen molar-refractivity contribution in [3.05, 3.63) is 0 Å². The van der Waals surface area contributed by atoms with Crippen LogP contribution in [0.3, 0.4) is 0 Å². The first kappa shape index (κ1) is 8.49. The van der Waals surface area contributed by atoms with Gasteiger partial charge >= 0.3 is 14.7 Å². The molecule has 0 aliphatic carbocycles. The molecule has 1 atom stereocenters. The van der Waals surface area contributed by atoms with Gasteiger partial charge in [0.25, 0.3) is 0 Å². The summed E-state index contributed by atoms with van der Waals surface area (Å²) in [6.45, 7) is -0.506. The van der Waals surface area contributed by atoms with E-state index in [0.717, 1.165) is 0 Å². The summed E-state index contributed by atoms with van der Waals surface area (Å²) >= 11 is 0. The van der Waals surface area contributed by atoms with E-state index in [0.29, 0.717) is 0 Å². The van der Waals surface area contributed by atoms with Crippen LogP contribution in [0, 0.1) is 0 Å². The van der Waals surface area contributed by atoms with Crippen LogP contribution >= 0.6 is 8.69 Å². The van der Waals surface area contributed by atoms with Crippen LogP contribution in [0.2, 0.25) is 0 Å². The van der Waals surface area contributed by atoms with Crippen LogP contribution in [0.15, 0.2) is 0 Å². The normalized spacial score (nSPS) is 13.1. The Labute approximate surface area is 53.1 Å². The molecule has 0 bridgehead atoms. The first-order valence-corrected chi connectivity index (χ1v) is 2.85. The first-order chi connectivity index (χ1) is 4.22. The zero-order valence-corrected chi connectivity index (χ0v) is 5.38. The van der Waals surface area contributed by atoms with Gasteiger partial charge in [0.05, 0.1) is 6.61 Å². The summed E-state index contributed by atoms with van der Waals surface area (Å²) in [5, 5.41) is 8.20. The number of hydrogen-bond donors (Lipinski definition) is 2. The largest absolute Gasteiger partial charge is 0.398 e. The van der Waals surface area contributed by atoms with E-state index in [1.807, 2.05) is 0 Å². The molecule has 5 nitrogen and oxygen atoms in total. The van der Waals surface area contributed by atoms with E-state index in [1.165, 1.54) is 0 Å². The smallest absolute Gasteiger partial charge is 0.394 e. The minimum atomic E-state index is -1.09. The summed E-state index contributed by atoms with van der Waals surface area (Å²) in [6.07, 6.45) is 0. The Kier molecular flexibility index (Phi) is 4.13. The zero-order chi connectivity index (χ0) is 7.28. The quantitative estimate of drug-likeness (QED) is 0.508. The third-order valence-electron chi connectivity index (χ3n) is 0.627. The molecule has 0 aromatic heterocycles. The van der Waals surface area contributed by atoms with Crippen LogP contribution in [0.4, 0.5) is 0 Å². The SMILES string of the molecule is N[C@@H](CO)C(=O)OP=O. The highest BCUT2D eigenvalue weighted by molar-refractivity contribution is 7.18. The van der Waals surface area contributed by atoms with Crippen LogP contribution in [0.1, 0.15) is 0 Å². The molecule has 0 aromatic carbocycles. The van der Waals surface area contributed by atoms with Gasteiger partial charge in [-0.2, -0.15) is 0 Å². The maximum atomic E-state index is 10.3. The lowest BCUT2D eigenvalue weighted by Crippen LogP contribution is -2.33. The van der Waals surface area contributed by atoms with Crippen molar-refractivity contribution in [1.29, 1.82) is 0 Å². The van der Waals surface area contributed by atoms with E-state index in [4.69, 9.17) is 10.8 Å². The fraction of sp³-hybridized carbons (Fsp3) is 0.667. The lowest BCUT2D eigenvalue weighted by atomic mass is 10.3. The third kappa shape index (κ3) is 3.13. The molecule has 0 radical (unpaired) electrons. The number of hydrogen-bond acceptors (Lipinski definition) is 5. The molecule has 52 valence electrons. The van der Waals surface area contributed by atoms with Crippen molar-refractivity contribution >= 4 is 14.7 Å². The Hall–Kier alpha value is -0.510. The molecule has 0 saturated carbocycles. The van der Waals surface area contributed by atoms with E-state index < -0.39 is 27.3 Å². The molecule has 0 aliphatic rings. The van der Waals surface area contributed by atoms with Crippen molar-refractivity contribution in [2.75, 3.05) is 6.61 Å². The monoisotopic (exact) mass is 151 g/mol. The molecule has 9 heavy (non-hydrogen) atoms. The maximum Gasteiger partial charge on any atom is 0.398 e. The van der Waals surface area contributed by atoms with Crippen LogP contribution < -0.4 is 5.73 Å². The van der Waals surface area contributed by atoms with Crippen molar-refractivity contribution in [3.8, 4) is 0 Å². The van der Waals surface area contributed by atoms with Crippen LogP contribution in [-0.2, 0) is 13.9 Å². The fourth-order valence-corrected chi connectivity index (χ4v) is 0.388. The minimum Gasteiger partial charge on any atom is -0.394 e. The van der Waals surface area contributed by atoms with Crippen molar-refractivity contribution in [2.45, 2.75) is 6.04 Å². The van der Waals surface area contributed by atoms with Crippen LogP contribution in [0.5, 0.6) is 0 Å². The molecule has 0 saturated heterocycles. The van der Waals surface area contributed by atoms with Gasteiger partial charge in [0.1, 0.15) is 6.04 Å². The number of rotatable bonds is 3. The highest BCUT2D eigenvalue weighted by atomic mass is 31.1. The van der Waals surface area contributed by atoms with Gasteiger partial charge in [-0.1, -0.05) is 0 Å². The van der Waals surface area contributed by atoms with Gasteiger partial charge in [-0.05, 0) is 0 Å². The van der Waals surface area contributed by atoms with Crippen molar-refractivity contribution in [3.63, 3.8) is 0 Å². The average Bonchev–Trinajstić information content (AvgIpc) is 1.87. The third-order valence-corrected chi connectivity index (χ3v) is 0.881. The maximum absolute atomic E-state index is 10.3. The summed E-state index contributed by atoms with van der Waals surface area (Å²) in [5.41, 5.74) is 4.93. The number of aliphatic hydroxyl groups is 1. The van der Waals surface area contributed by atoms with E-state index >= 15 is 0 Å². The topological polar surface area (TPSA) is 89.6 Å². The van der Waals surface area contributed by atoms with Gasteiger partial charge in [0, 0.05) is 0 Å². The van der Waals surface area contributed by atoms with E-state index in [9.17, 15) is 9.36 Å². The second-order valence-corrected chi connectivity index (χ2v) is 1.61. The molecular formula is C3H6NO4P. The Morgan fingerprint density at radius 1 is 1.89 bits per heavy atom. The number of nitrogens with two attached hydrogens (primary N) is 1. The van der Waals surface area contributed by atoms with E-state index in [-0.39, 0.29) is 0 Å². The summed E-state index contributed by atoms with van der Waals surface area (Å²) in [5.74, 6) is -0.880. The van der Waals surface area contributed by atoms with Crippen molar-refractivity contribution < 1.29 is 19.0 Å². The van der Waals surface area contributed by atoms with Crippen molar-refractivity contribution in [2.24, 2.45) is 5.73 Å². The number of aliphatic hydroxyl groups excluding tert-OH is 1. The fourth-order valence-electron chi connectivity index (χ4n) is 0.179. The molecule has 0 heterocycles. The molecule has 0 aromatic rings. The highest BCUT2D eigenvalue weighted by Crippen LogP contribution is 1.96. The van der Waals surface area contributed by atoms with Gasteiger partial charge in [0.15, 0.2) is 0 Å². The predicted octanol–water partition coefficient (Wildman–Crippen LogP) is -0.944. The molecule has 0 fully saturated rings. The number of carbonyl (C=O) groups is 1. The molecule has 0 amide bonds. The summed E-state index contributed by atoms with van der Waals surface area (Å²) < 4.78 is 13.4. The lowest BCUT2D eigenvalue weighted by Gasteiger charge is -2.00. The van der Waals surface area contributed by atoms with E-state index in [1.54, 1.807) is 0 Å². The van der Waals surface area contributed by atoms with Crippen LogP contribution in [-0.4, -0.2) is 23.7 Å². The zero-order valence-electron chi connectivity index (χ0n) is 4.48. The summed E-state index contributed by atoms with van der Waals surface area (Å²) in [6, 6.07) is -1.09. The van der Waals surface area contributed by atoms with E-state index in [2.05, 4.69) is 4.52 Å². The second-order valence-electron chi connectivity index (χ2n) is 1.27. The average molecular weight is 151 g/mol. The van der Waals surface area contributed by atoms with Crippen molar-refractivity contribution in [1.82, 2.24) is 0 Å². The molecule has 3 N–H and O–H groups in total. The molecular weight excluding hydrogens is 145 g/mol. The standard InChI is InChI=1S/C3H6NO4P/c4-2(1-5)3(6)8-9-7/h2,5H,1,4H2/t2-/m0/s1. The Morgan fingerprint density at radius 2 is 2.44 bits per heavy atom. The number of carbonyl (C=O) groups excluding carboxylic acids is 1. The highest BCUT2D eigenvalue weighted by Gasteiger charge is 2.12. The van der Waals surface area contributed by atoms with Gasteiger partial charge in [-0.3, -0.25) is 0 Å².